The smallest absolute Gasteiger partial charge is 0.335 e. The van der Waals surface area contributed by atoms with Crippen molar-refractivity contribution < 1.29 is 38.8 Å². The topological polar surface area (TPSA) is 120 Å². The summed E-state index contributed by atoms with van der Waals surface area (Å²) in [4.78, 5) is 13.1. The number of hydrogen-bond acceptors (Lipinski definition) is 7. The largest absolute Gasteiger partial charge is 0.479 e. The fourth-order valence-electron chi connectivity index (χ4n) is 6.34. The molecule has 2 aliphatic heterocycles. The maximum absolute atomic E-state index is 11.4. The van der Waals surface area contributed by atoms with Crippen LogP contribution in [-0.4, -0.2) is 81.6 Å². The molecule has 0 aromatic heterocycles. The van der Waals surface area contributed by atoms with Crippen molar-refractivity contribution in [3.8, 4) is 5.75 Å². The Labute approximate surface area is 185 Å². The van der Waals surface area contributed by atoms with Crippen LogP contribution in [0.2, 0.25) is 0 Å². The monoisotopic (exact) mass is 436 g/mol. The number of hydrogen-bond donors (Lipinski definition) is 4. The Bertz CT molecular complexity index is 959. The van der Waals surface area contributed by atoms with Crippen molar-refractivity contribution in [3.05, 3.63) is 29.3 Å². The van der Waals surface area contributed by atoms with Gasteiger partial charge in [0.05, 0.1) is 0 Å². The molecule has 1 saturated carbocycles. The van der Waals surface area contributed by atoms with Crippen LogP contribution in [0, 0.1) is 5.92 Å². The minimum atomic E-state index is -2.13. The molecule has 2 bridgehead atoms. The van der Waals surface area contributed by atoms with Crippen LogP contribution in [0.4, 0.5) is 0 Å². The fourth-order valence-corrected chi connectivity index (χ4v) is 6.34. The van der Waals surface area contributed by atoms with E-state index in [0.29, 0.717) is 18.7 Å². The molecule has 1 aromatic rings. The average molecular weight is 437 g/mol. The summed E-state index contributed by atoms with van der Waals surface area (Å²) >= 11 is 0. The second-order valence-corrected chi connectivity index (χ2v) is 9.40. The summed E-state index contributed by atoms with van der Waals surface area (Å²) in [5.41, 5.74) is 2.05. The molecule has 2 aliphatic carbocycles. The number of likely N-dealkylation sites (N-methyl/N-ethyl adjacent to an activating group) is 1. The van der Waals surface area contributed by atoms with Gasteiger partial charge in [0, 0.05) is 15.6 Å². The van der Waals surface area contributed by atoms with Crippen LogP contribution in [-0.2, 0) is 21.4 Å². The summed E-state index contributed by atoms with van der Waals surface area (Å²) in [5.74, 6) is -0.873. The van der Waals surface area contributed by atoms with Gasteiger partial charge in [0.15, 0.2) is 6.10 Å². The lowest BCUT2D eigenvalue weighted by molar-refractivity contribution is -0.271. The molecule has 4 N–H and O–H groups in total. The molecule has 8 heteroatoms. The van der Waals surface area contributed by atoms with E-state index in [9.17, 15) is 25.2 Å². The first-order chi connectivity index (χ1) is 16.0. The Morgan fingerprint density at radius 1 is 1.23 bits per heavy atom. The molecule has 170 valence electrons. The highest BCUT2D eigenvalue weighted by Crippen LogP contribution is 2.56. The fraction of sp³-hybridized carbons (Fsp3) is 0.696. The van der Waals surface area contributed by atoms with Crippen LogP contribution >= 0.6 is 0 Å². The second kappa shape index (κ2) is 7.71. The molecule has 8 nitrogen and oxygen atoms in total. The number of ether oxygens (including phenoxy) is 2. The molecular weight excluding hydrogens is 402 g/mol. The van der Waals surface area contributed by atoms with E-state index in [0.717, 1.165) is 43.2 Å². The zero-order valence-corrected chi connectivity index (χ0v) is 17.2. The highest BCUT2D eigenvalue weighted by Gasteiger charge is 2.53. The van der Waals surface area contributed by atoms with E-state index in [1.807, 2.05) is 12.1 Å². The number of piperidine rings is 1. The van der Waals surface area contributed by atoms with Crippen LogP contribution in [0.3, 0.4) is 0 Å². The molecule has 0 amide bonds. The SMILES string of the molecule is [2H]C([2H])([2H])N1CC[C@]23CCCCC2C1Cc1ccc(OC2OC(C(=O)O)C(O)C(O)C2O)cc13. The van der Waals surface area contributed by atoms with Gasteiger partial charge < -0.3 is 34.8 Å². The van der Waals surface area contributed by atoms with Gasteiger partial charge in [0.25, 0.3) is 0 Å². The lowest BCUT2D eigenvalue weighted by Gasteiger charge is -2.58. The van der Waals surface area contributed by atoms with Gasteiger partial charge in [-0.25, -0.2) is 4.79 Å². The maximum atomic E-state index is 11.4. The Morgan fingerprint density at radius 2 is 2.06 bits per heavy atom. The molecule has 0 spiro atoms. The number of carboxylic acids is 1. The van der Waals surface area contributed by atoms with Crippen molar-refractivity contribution in [3.63, 3.8) is 0 Å². The minimum Gasteiger partial charge on any atom is -0.479 e. The number of carboxylic acid groups (broad SMARTS) is 1. The van der Waals surface area contributed by atoms with Crippen molar-refractivity contribution in [1.82, 2.24) is 4.90 Å². The van der Waals surface area contributed by atoms with Gasteiger partial charge in [0.2, 0.25) is 6.29 Å². The lowest BCUT2D eigenvalue weighted by atomic mass is 9.52. The Kier molecular flexibility index (Phi) is 4.42. The van der Waals surface area contributed by atoms with Crippen LogP contribution < -0.4 is 4.74 Å². The summed E-state index contributed by atoms with van der Waals surface area (Å²) in [6.45, 7) is -1.63. The number of aliphatic hydroxyl groups excluding tert-OH is 3. The molecule has 5 rings (SSSR count). The van der Waals surface area contributed by atoms with Gasteiger partial charge in [0.1, 0.15) is 24.1 Å². The summed E-state index contributed by atoms with van der Waals surface area (Å²) < 4.78 is 35.2. The molecule has 0 radical (unpaired) electrons. The number of aliphatic carboxylic acids is 1. The Hall–Kier alpha value is -1.71. The van der Waals surface area contributed by atoms with Gasteiger partial charge in [-0.1, -0.05) is 18.9 Å². The van der Waals surface area contributed by atoms with E-state index < -0.39 is 43.7 Å². The van der Waals surface area contributed by atoms with Gasteiger partial charge in [-0.05, 0) is 68.4 Å². The van der Waals surface area contributed by atoms with Gasteiger partial charge >= 0.3 is 5.97 Å². The molecule has 2 saturated heterocycles. The normalized spacial score (nSPS) is 44.2. The summed E-state index contributed by atoms with van der Waals surface area (Å²) in [7, 11) is 0. The average Bonchev–Trinajstić information content (AvgIpc) is 2.78. The number of aliphatic hydroxyl groups is 3. The van der Waals surface area contributed by atoms with Crippen LogP contribution in [0.5, 0.6) is 5.75 Å². The van der Waals surface area contributed by atoms with E-state index in [2.05, 4.69) is 0 Å². The molecular formula is C23H31NO7. The predicted molar refractivity (Wildman–Crippen MR) is 110 cm³/mol. The standard InChI is InChI=1S/C23H31NO7/c1-24-9-8-23-7-3-2-4-14(23)16(24)10-12-5-6-13(11-15(12)23)30-22-19(27)17(25)18(26)20(31-22)21(28)29/h5-6,11,14,16-20,22,25-27H,2-4,7-10H2,1H3,(H,28,29)/t14?,16?,17?,18?,19?,20?,22?,23-/m1/s1/i1D3. The van der Waals surface area contributed by atoms with Crippen molar-refractivity contribution in [2.24, 2.45) is 5.92 Å². The molecule has 2 heterocycles. The second-order valence-electron chi connectivity index (χ2n) is 9.40. The molecule has 4 aliphatic rings. The number of likely N-dealkylation sites (tertiary alicyclic amines) is 1. The minimum absolute atomic E-state index is 0.0442. The van der Waals surface area contributed by atoms with E-state index >= 15 is 0 Å². The predicted octanol–water partition coefficient (Wildman–Crippen LogP) is 0.646. The zero-order chi connectivity index (χ0) is 24.4. The van der Waals surface area contributed by atoms with Crippen LogP contribution in [0.1, 0.15) is 47.3 Å². The van der Waals surface area contributed by atoms with E-state index in [4.69, 9.17) is 13.6 Å². The first kappa shape index (κ1) is 17.8. The molecule has 31 heavy (non-hydrogen) atoms. The number of nitrogens with zero attached hydrogens (tertiary/aromatic N) is 1. The molecule has 8 atom stereocenters. The number of carbonyl (C=O) groups is 1. The Morgan fingerprint density at radius 3 is 2.84 bits per heavy atom. The van der Waals surface area contributed by atoms with E-state index in [-0.39, 0.29) is 17.4 Å². The number of fused-ring (bicyclic) bond motifs is 1. The maximum Gasteiger partial charge on any atom is 0.335 e. The lowest BCUT2D eigenvalue weighted by Crippen LogP contribution is -2.61. The van der Waals surface area contributed by atoms with Gasteiger partial charge in [-0.3, -0.25) is 0 Å². The Balaban J connectivity index is 1.46. The number of benzene rings is 1. The molecule has 3 fully saturated rings. The summed E-state index contributed by atoms with van der Waals surface area (Å²) in [5, 5.41) is 39.6. The van der Waals surface area contributed by atoms with Crippen molar-refractivity contribution >= 4 is 5.97 Å². The quantitative estimate of drug-likeness (QED) is 0.545. The van der Waals surface area contributed by atoms with Gasteiger partial charge in [-0.15, -0.1) is 0 Å². The first-order valence-electron chi connectivity index (χ1n) is 12.5. The third-order valence-electron chi connectivity index (χ3n) is 7.87. The third-order valence-corrected chi connectivity index (χ3v) is 7.87. The summed E-state index contributed by atoms with van der Waals surface area (Å²) in [6.07, 6.45) is -2.90. The zero-order valence-electron chi connectivity index (χ0n) is 20.2. The van der Waals surface area contributed by atoms with E-state index in [1.54, 1.807) is 11.0 Å². The highest BCUT2D eigenvalue weighted by atomic mass is 16.7. The van der Waals surface area contributed by atoms with Crippen molar-refractivity contribution in [2.45, 2.75) is 80.7 Å². The molecule has 7 unspecified atom stereocenters. The third kappa shape index (κ3) is 3.27. The van der Waals surface area contributed by atoms with Crippen LogP contribution in [0.15, 0.2) is 18.2 Å². The molecule has 1 aromatic carbocycles. The van der Waals surface area contributed by atoms with E-state index in [1.165, 1.54) is 0 Å². The van der Waals surface area contributed by atoms with Crippen LogP contribution in [0.25, 0.3) is 0 Å². The summed E-state index contributed by atoms with van der Waals surface area (Å²) in [6, 6.07) is 5.45. The highest BCUT2D eigenvalue weighted by molar-refractivity contribution is 5.73. The van der Waals surface area contributed by atoms with Crippen molar-refractivity contribution in [1.29, 1.82) is 0 Å². The van der Waals surface area contributed by atoms with Crippen molar-refractivity contribution in [2.75, 3.05) is 13.5 Å². The first-order valence-corrected chi connectivity index (χ1v) is 11.0. The number of rotatable bonds is 3. The van der Waals surface area contributed by atoms with Gasteiger partial charge in [-0.2, -0.15) is 0 Å².